The molecule has 0 fully saturated rings. The highest BCUT2D eigenvalue weighted by Crippen LogP contribution is 2.23. The molecule has 2 rings (SSSR count). The van der Waals surface area contributed by atoms with Crippen LogP contribution in [0.15, 0.2) is 24.3 Å². The van der Waals surface area contributed by atoms with Crippen LogP contribution in [0.5, 0.6) is 0 Å². The van der Waals surface area contributed by atoms with E-state index in [0.29, 0.717) is 6.04 Å². The molecule has 0 radical (unpaired) electrons. The van der Waals surface area contributed by atoms with Crippen LogP contribution in [-0.2, 0) is 0 Å². The van der Waals surface area contributed by atoms with Crippen LogP contribution in [-0.4, -0.2) is 16.2 Å². The van der Waals surface area contributed by atoms with Gasteiger partial charge in [0.05, 0.1) is 5.69 Å². The fourth-order valence-electron chi connectivity index (χ4n) is 2.53. The Morgan fingerprint density at radius 2 is 1.80 bits per heavy atom. The van der Waals surface area contributed by atoms with Gasteiger partial charge < -0.3 is 5.32 Å². The molecular weight excluding hydrogens is 246 g/mol. The van der Waals surface area contributed by atoms with Gasteiger partial charge in [-0.2, -0.15) is 5.10 Å². The first-order chi connectivity index (χ1) is 9.72. The van der Waals surface area contributed by atoms with Crippen molar-refractivity contribution in [2.24, 2.45) is 0 Å². The maximum absolute atomic E-state index is 4.33. The van der Waals surface area contributed by atoms with E-state index in [1.54, 1.807) is 0 Å². The number of benzene rings is 1. The van der Waals surface area contributed by atoms with Crippen molar-refractivity contribution < 1.29 is 0 Å². The molecular formula is C17H25N3. The molecule has 1 atom stereocenters. The van der Waals surface area contributed by atoms with E-state index in [1.165, 1.54) is 42.9 Å². The summed E-state index contributed by atoms with van der Waals surface area (Å²) >= 11 is 0. The van der Waals surface area contributed by atoms with E-state index in [-0.39, 0.29) is 0 Å². The minimum absolute atomic E-state index is 0.437. The number of fused-ring (bicyclic) bond motifs is 1. The van der Waals surface area contributed by atoms with Crippen molar-refractivity contribution in [1.29, 1.82) is 0 Å². The molecule has 3 nitrogen and oxygen atoms in total. The van der Waals surface area contributed by atoms with Crippen LogP contribution in [0.4, 0.5) is 5.82 Å². The third kappa shape index (κ3) is 3.69. The molecule has 3 heteroatoms. The van der Waals surface area contributed by atoms with E-state index in [0.717, 1.165) is 11.5 Å². The topological polar surface area (TPSA) is 37.8 Å². The van der Waals surface area contributed by atoms with E-state index >= 15 is 0 Å². The Kier molecular flexibility index (Phi) is 5.33. The normalized spacial score (nSPS) is 12.6. The van der Waals surface area contributed by atoms with Crippen LogP contribution in [0, 0.1) is 6.92 Å². The second-order valence-electron chi connectivity index (χ2n) is 5.57. The number of rotatable bonds is 7. The molecule has 0 aliphatic rings. The largest absolute Gasteiger partial charge is 0.366 e. The highest BCUT2D eigenvalue weighted by atomic mass is 15.2. The number of hydrogen-bond donors (Lipinski definition) is 1. The fourth-order valence-corrected chi connectivity index (χ4v) is 2.53. The summed E-state index contributed by atoms with van der Waals surface area (Å²) in [5, 5.41) is 14.5. The zero-order valence-corrected chi connectivity index (χ0v) is 12.8. The van der Waals surface area contributed by atoms with Gasteiger partial charge in [-0.05, 0) is 20.3 Å². The van der Waals surface area contributed by atoms with E-state index in [9.17, 15) is 0 Å². The van der Waals surface area contributed by atoms with Crippen LogP contribution in [0.25, 0.3) is 10.8 Å². The molecule has 1 aromatic heterocycles. The zero-order valence-electron chi connectivity index (χ0n) is 12.8. The predicted molar refractivity (Wildman–Crippen MR) is 86.1 cm³/mol. The third-order valence-corrected chi connectivity index (χ3v) is 3.75. The molecule has 1 heterocycles. The first kappa shape index (κ1) is 14.8. The molecule has 108 valence electrons. The number of aryl methyl sites for hydroxylation is 1. The van der Waals surface area contributed by atoms with Crippen molar-refractivity contribution in [2.45, 2.75) is 58.9 Å². The maximum atomic E-state index is 4.33. The quantitative estimate of drug-likeness (QED) is 0.741. The smallest absolute Gasteiger partial charge is 0.156 e. The summed E-state index contributed by atoms with van der Waals surface area (Å²) in [6.45, 7) is 6.48. The van der Waals surface area contributed by atoms with Gasteiger partial charge in [-0.1, -0.05) is 56.9 Å². The van der Waals surface area contributed by atoms with E-state index in [1.807, 2.05) is 6.92 Å². The molecule has 0 saturated carbocycles. The lowest BCUT2D eigenvalue weighted by Gasteiger charge is -2.16. The van der Waals surface area contributed by atoms with Gasteiger partial charge in [-0.15, -0.1) is 5.10 Å². The molecule has 1 N–H and O–H groups in total. The summed E-state index contributed by atoms with van der Waals surface area (Å²) in [6, 6.07) is 8.77. The van der Waals surface area contributed by atoms with Crippen LogP contribution in [0.2, 0.25) is 0 Å². The Bertz CT molecular complexity index is 551. The van der Waals surface area contributed by atoms with Crippen molar-refractivity contribution in [1.82, 2.24) is 10.2 Å². The average Bonchev–Trinajstić information content (AvgIpc) is 2.47. The highest BCUT2D eigenvalue weighted by molar-refractivity contribution is 5.92. The molecule has 0 aliphatic carbocycles. The highest BCUT2D eigenvalue weighted by Gasteiger charge is 2.08. The van der Waals surface area contributed by atoms with Crippen LogP contribution in [0.3, 0.4) is 0 Å². The van der Waals surface area contributed by atoms with E-state index in [2.05, 4.69) is 53.6 Å². The molecule has 1 aromatic carbocycles. The second kappa shape index (κ2) is 7.22. The Labute approximate surface area is 121 Å². The van der Waals surface area contributed by atoms with Crippen LogP contribution >= 0.6 is 0 Å². The minimum atomic E-state index is 0.437. The van der Waals surface area contributed by atoms with Gasteiger partial charge >= 0.3 is 0 Å². The SMILES string of the molecule is CCCCCCC(C)Nc1nnc(C)c2ccccc12. The lowest BCUT2D eigenvalue weighted by molar-refractivity contribution is 0.592. The summed E-state index contributed by atoms with van der Waals surface area (Å²) in [5.41, 5.74) is 0.988. The summed E-state index contributed by atoms with van der Waals surface area (Å²) < 4.78 is 0. The Morgan fingerprint density at radius 3 is 2.55 bits per heavy atom. The summed E-state index contributed by atoms with van der Waals surface area (Å²) in [6.07, 6.45) is 6.40. The average molecular weight is 271 g/mol. The molecule has 2 aromatic rings. The maximum Gasteiger partial charge on any atom is 0.156 e. The van der Waals surface area contributed by atoms with Gasteiger partial charge in [0.15, 0.2) is 5.82 Å². The Morgan fingerprint density at radius 1 is 1.05 bits per heavy atom. The molecule has 0 bridgehead atoms. The van der Waals surface area contributed by atoms with Crippen LogP contribution < -0.4 is 5.32 Å². The fraction of sp³-hybridized carbons (Fsp3) is 0.529. The van der Waals surface area contributed by atoms with E-state index in [4.69, 9.17) is 0 Å². The Hall–Kier alpha value is -1.64. The minimum Gasteiger partial charge on any atom is -0.366 e. The first-order valence-electron chi connectivity index (χ1n) is 7.71. The van der Waals surface area contributed by atoms with Crippen molar-refractivity contribution in [2.75, 3.05) is 5.32 Å². The van der Waals surface area contributed by atoms with Crippen molar-refractivity contribution >= 4 is 16.6 Å². The van der Waals surface area contributed by atoms with E-state index < -0.39 is 0 Å². The first-order valence-corrected chi connectivity index (χ1v) is 7.71. The third-order valence-electron chi connectivity index (χ3n) is 3.75. The molecule has 1 unspecified atom stereocenters. The number of anilines is 1. The van der Waals surface area contributed by atoms with Gasteiger partial charge in [-0.3, -0.25) is 0 Å². The summed E-state index contributed by atoms with van der Waals surface area (Å²) in [4.78, 5) is 0. The molecule has 0 amide bonds. The van der Waals surface area contributed by atoms with Crippen molar-refractivity contribution in [3.8, 4) is 0 Å². The molecule has 0 aliphatic heterocycles. The number of aromatic nitrogens is 2. The van der Waals surface area contributed by atoms with Crippen LogP contribution in [0.1, 0.15) is 51.6 Å². The lowest BCUT2D eigenvalue weighted by Crippen LogP contribution is -2.16. The number of hydrogen-bond acceptors (Lipinski definition) is 3. The molecule has 0 spiro atoms. The van der Waals surface area contributed by atoms with Crippen molar-refractivity contribution in [3.05, 3.63) is 30.0 Å². The van der Waals surface area contributed by atoms with Gasteiger partial charge in [0, 0.05) is 16.8 Å². The number of nitrogens with zero attached hydrogens (tertiary/aromatic N) is 2. The van der Waals surface area contributed by atoms with Gasteiger partial charge in [0.2, 0.25) is 0 Å². The number of unbranched alkanes of at least 4 members (excludes halogenated alkanes) is 3. The molecule has 0 saturated heterocycles. The van der Waals surface area contributed by atoms with Gasteiger partial charge in [0.1, 0.15) is 0 Å². The Balaban J connectivity index is 2.04. The number of nitrogens with one attached hydrogen (secondary N) is 1. The lowest BCUT2D eigenvalue weighted by atomic mass is 10.1. The summed E-state index contributed by atoms with van der Waals surface area (Å²) in [7, 11) is 0. The molecule has 20 heavy (non-hydrogen) atoms. The summed E-state index contributed by atoms with van der Waals surface area (Å²) in [5.74, 6) is 0.911. The monoisotopic (exact) mass is 271 g/mol. The predicted octanol–water partition coefficient (Wildman–Crippen LogP) is 4.71. The van der Waals surface area contributed by atoms with Crippen molar-refractivity contribution in [3.63, 3.8) is 0 Å². The zero-order chi connectivity index (χ0) is 14.4. The van der Waals surface area contributed by atoms with Gasteiger partial charge in [-0.25, -0.2) is 0 Å². The standard InChI is InChI=1S/C17H25N3/c1-4-5-6-7-10-13(2)18-17-16-12-9-8-11-15(16)14(3)19-20-17/h8-9,11-13H,4-7,10H2,1-3H3,(H,18,20). The second-order valence-corrected chi connectivity index (χ2v) is 5.57. The van der Waals surface area contributed by atoms with Gasteiger partial charge in [0.25, 0.3) is 0 Å².